The number of aromatic nitrogens is 4. The lowest BCUT2D eigenvalue weighted by Crippen LogP contribution is -2.39. The number of rotatable bonds is 35. The summed E-state index contributed by atoms with van der Waals surface area (Å²) in [4.78, 5) is 32.9. The molecule has 0 amide bonds. The Hall–Kier alpha value is -10.1. The minimum Gasteiger partial charge on any atom is -0.508 e. The van der Waals surface area contributed by atoms with Crippen molar-refractivity contribution in [1.82, 2.24) is 19.9 Å². The minimum atomic E-state index is -4.38. The van der Waals surface area contributed by atoms with Crippen LogP contribution < -0.4 is 28.4 Å². The van der Waals surface area contributed by atoms with Crippen molar-refractivity contribution in [2.75, 3.05) is 74.2 Å². The van der Waals surface area contributed by atoms with Gasteiger partial charge < -0.3 is 57.6 Å². The third-order valence-corrected chi connectivity index (χ3v) is 19.2. The summed E-state index contributed by atoms with van der Waals surface area (Å²) in [5.74, 6) is 0.352. The second-order valence-electron chi connectivity index (χ2n) is 23.0. The van der Waals surface area contributed by atoms with E-state index < -0.39 is 46.3 Å². The van der Waals surface area contributed by atoms with Gasteiger partial charge in [-0.05, 0) is 138 Å². The minimum absolute atomic E-state index is 0.0680. The first kappa shape index (κ1) is 72.2. The Bertz CT molecular complexity index is 4660. The van der Waals surface area contributed by atoms with Gasteiger partial charge in [0.2, 0.25) is 12.0 Å². The Balaban J connectivity index is 0.899. The molecule has 3 heterocycles. The molecule has 24 heteroatoms. The molecule has 0 bridgehead atoms. The summed E-state index contributed by atoms with van der Waals surface area (Å²) in [5.41, 5.74) is 4.99. The van der Waals surface area contributed by atoms with Gasteiger partial charge in [0.25, 0.3) is 10.1 Å². The number of thiophene rings is 1. The number of carbonyl (C=O) groups is 1. The van der Waals surface area contributed by atoms with Crippen LogP contribution >= 0.6 is 22.9 Å². The second kappa shape index (κ2) is 33.9. The number of ether oxygens (including phenoxy) is 10. The smallest absolute Gasteiger partial charge is 0.345 e. The van der Waals surface area contributed by atoms with Crippen molar-refractivity contribution >= 4 is 49.2 Å². The van der Waals surface area contributed by atoms with Crippen molar-refractivity contribution in [2.45, 2.75) is 49.6 Å². The summed E-state index contributed by atoms with van der Waals surface area (Å²) < 4.78 is 109. The lowest BCUT2D eigenvalue weighted by Gasteiger charge is -2.37. The molecule has 2 unspecified atom stereocenters. The highest BCUT2D eigenvalue weighted by Gasteiger charge is 2.40. The normalized spacial score (nSPS) is 12.2. The van der Waals surface area contributed by atoms with E-state index >= 15 is 0 Å². The van der Waals surface area contributed by atoms with Gasteiger partial charge in [0.15, 0.2) is 5.82 Å². The molecule has 0 radical (unpaired) electrons. The third-order valence-electron chi connectivity index (χ3n) is 16.3. The predicted molar refractivity (Wildman–Crippen MR) is 380 cm³/mol. The van der Waals surface area contributed by atoms with Gasteiger partial charge in [0.05, 0.1) is 80.4 Å². The topological polar surface area (TPSA) is 245 Å². The Kier molecular flexibility index (Phi) is 24.2. The first-order valence-corrected chi connectivity index (χ1v) is 34.6. The molecule has 0 saturated carbocycles. The average Bonchev–Trinajstić information content (AvgIpc) is 1.68. The molecule has 2 atom stereocenters. The van der Waals surface area contributed by atoms with E-state index in [9.17, 15) is 27.8 Å². The van der Waals surface area contributed by atoms with Crippen LogP contribution in [0.2, 0.25) is 5.02 Å². The number of fused-ring (bicyclic) bond motifs is 1. The van der Waals surface area contributed by atoms with Gasteiger partial charge in [-0.2, -0.15) is 8.42 Å². The predicted octanol–water partition coefficient (Wildman–Crippen LogP) is 14.5. The number of phenols is 1. The van der Waals surface area contributed by atoms with Gasteiger partial charge in [-0.3, -0.25) is 4.18 Å². The maximum absolute atomic E-state index is 14.8. The highest BCUT2D eigenvalue weighted by atomic mass is 35.5. The molecule has 2 N–H and O–H groups in total. The Morgan fingerprint density at radius 1 is 0.653 bits per heavy atom. The van der Waals surface area contributed by atoms with Gasteiger partial charge >= 0.3 is 5.97 Å². The lowest BCUT2D eigenvalue weighted by atomic mass is 9.80. The number of aliphatic carboxylic acids is 1. The summed E-state index contributed by atoms with van der Waals surface area (Å²) >= 11 is 8.74. The van der Waals surface area contributed by atoms with Crippen molar-refractivity contribution in [3.05, 3.63) is 250 Å². The van der Waals surface area contributed by atoms with E-state index in [2.05, 4.69) is 15.0 Å². The van der Waals surface area contributed by atoms with Crippen LogP contribution in [0.5, 0.6) is 40.4 Å². The molecule has 11 aromatic rings. The summed E-state index contributed by atoms with van der Waals surface area (Å²) in [5, 5.41) is 22.3. The van der Waals surface area contributed by atoms with Gasteiger partial charge in [-0.1, -0.05) is 114 Å². The van der Waals surface area contributed by atoms with E-state index in [0.717, 1.165) is 11.1 Å². The summed E-state index contributed by atoms with van der Waals surface area (Å²) in [7, 11) is 0.384. The zero-order valence-corrected chi connectivity index (χ0v) is 58.1. The highest BCUT2D eigenvalue weighted by Crippen LogP contribution is 2.50. The molecule has 0 fully saturated rings. The molecular weight excluding hydrogens is 1360 g/mol. The molecular formula is C77H72ClFN4O16S2. The number of phenolic OH excluding ortho intramolecular Hbond substituents is 1. The first-order valence-electron chi connectivity index (χ1n) is 32.0. The standard InChI is InChI=1S/C77H72ClFN4O16S2/c1-49-15-30-62(31-16-49)101(87,88)97-47-61(46-96-77(53-11-7-6-8-12-53,54-19-26-59(90-4)27-20-54)55-21-28-60(91-5)29-22-55)98-67-34-32-63(50(2)71(67)78)69-70-74(81-48-82-75(70)100-72(69)51-17-23-56(79)24-18-51)99-68(76(85)86)44-52-43-58(84)25-33-65(52)95-45-57-35-36-80-73(83-57)64-13-9-10-14-66(64)94-42-41-93-40-39-92-38-37-89-3/h6-36,43,48,61,68,84H,37-42,44-47H2,1-5H3,(H,85,86). The van der Waals surface area contributed by atoms with Gasteiger partial charge in [0.1, 0.15) is 83.0 Å². The molecule has 0 saturated heterocycles. The van der Waals surface area contributed by atoms with E-state index in [1.165, 1.54) is 60.1 Å². The summed E-state index contributed by atoms with van der Waals surface area (Å²) in [6.07, 6.45) is -0.321. The van der Waals surface area contributed by atoms with Crippen LogP contribution in [0.1, 0.15) is 39.1 Å². The second-order valence-corrected chi connectivity index (χ2v) is 26.0. The van der Waals surface area contributed by atoms with Crippen LogP contribution in [0.3, 0.4) is 0 Å². The molecule has 8 aromatic carbocycles. The number of hydrogen-bond acceptors (Lipinski definition) is 20. The quantitative estimate of drug-likeness (QED) is 0.0213. The van der Waals surface area contributed by atoms with E-state index in [0.29, 0.717) is 116 Å². The fourth-order valence-corrected chi connectivity index (χ4v) is 13.5. The number of halogens is 2. The average molecular weight is 1430 g/mol. The number of methoxy groups -OCH3 is 3. The molecule has 101 heavy (non-hydrogen) atoms. The van der Waals surface area contributed by atoms with Crippen molar-refractivity contribution < 1.29 is 79.4 Å². The first-order chi connectivity index (χ1) is 49.0. The molecule has 0 aliphatic rings. The number of hydrogen-bond donors (Lipinski definition) is 2. The zero-order chi connectivity index (χ0) is 70.9. The number of carboxylic acids is 1. The summed E-state index contributed by atoms with van der Waals surface area (Å²) in [6, 6.07) is 53.3. The van der Waals surface area contributed by atoms with E-state index in [1.54, 1.807) is 76.9 Å². The molecule has 0 spiro atoms. The Morgan fingerprint density at radius 3 is 1.99 bits per heavy atom. The van der Waals surface area contributed by atoms with Crippen LogP contribution in [0, 0.1) is 19.7 Å². The van der Waals surface area contributed by atoms with Crippen molar-refractivity contribution in [3.63, 3.8) is 0 Å². The lowest BCUT2D eigenvalue weighted by molar-refractivity contribution is -0.145. The Labute approximate surface area is 592 Å². The van der Waals surface area contributed by atoms with Crippen molar-refractivity contribution in [1.29, 1.82) is 0 Å². The largest absolute Gasteiger partial charge is 0.508 e. The van der Waals surface area contributed by atoms with E-state index in [-0.39, 0.29) is 64.9 Å². The number of nitrogens with zero attached hydrogens (tertiary/aromatic N) is 4. The number of benzene rings is 8. The van der Waals surface area contributed by atoms with E-state index in [1.807, 2.05) is 110 Å². The van der Waals surface area contributed by atoms with Crippen LogP contribution in [0.4, 0.5) is 4.39 Å². The van der Waals surface area contributed by atoms with Gasteiger partial charge in [-0.15, -0.1) is 11.3 Å². The van der Waals surface area contributed by atoms with Crippen LogP contribution in [-0.4, -0.2) is 131 Å². The van der Waals surface area contributed by atoms with Gasteiger partial charge in [-0.25, -0.2) is 29.1 Å². The maximum atomic E-state index is 14.8. The van der Waals surface area contributed by atoms with Gasteiger partial charge in [0, 0.05) is 35.7 Å². The van der Waals surface area contributed by atoms with Crippen LogP contribution in [0.15, 0.2) is 205 Å². The number of aromatic hydroxyl groups is 1. The number of para-hydroxylation sites is 1. The van der Waals surface area contributed by atoms with Crippen molar-refractivity contribution in [3.8, 4) is 73.3 Å². The molecule has 20 nitrogen and oxygen atoms in total. The molecule has 3 aromatic heterocycles. The zero-order valence-electron chi connectivity index (χ0n) is 55.7. The molecule has 0 aliphatic carbocycles. The molecule has 0 aliphatic heterocycles. The number of aryl methyl sites for hydroxylation is 1. The fraction of sp³-hybridized carbons (Fsp3) is 0.234. The Morgan fingerprint density at radius 2 is 1.31 bits per heavy atom. The highest BCUT2D eigenvalue weighted by molar-refractivity contribution is 7.86. The third kappa shape index (κ3) is 17.6. The van der Waals surface area contributed by atoms with Crippen LogP contribution in [-0.2, 0) is 56.7 Å². The SMILES string of the molecule is COCCOCCOCCOc1ccccc1-c1nccc(COc2ccc(O)cc2CC(Oc2ncnc3sc(-c4ccc(F)cc4)c(-c4ccc(OC(COC(c5ccccc5)(c5ccc(OC)cc5)c5ccc(OC)cc5)COS(=O)(=O)c5ccc(C)cc5)c(Cl)c4C)c23)C(=O)O)n1. The molecule has 11 rings (SSSR count). The maximum Gasteiger partial charge on any atom is 0.345 e. The molecule has 522 valence electrons. The van der Waals surface area contributed by atoms with Crippen LogP contribution in [0.25, 0.3) is 43.2 Å². The summed E-state index contributed by atoms with van der Waals surface area (Å²) in [6.45, 7) is 5.06. The number of carboxylic acid groups (broad SMARTS) is 1. The van der Waals surface area contributed by atoms with E-state index in [4.69, 9.17) is 68.1 Å². The fourth-order valence-electron chi connectivity index (χ4n) is 11.2. The monoisotopic (exact) mass is 1430 g/mol. The van der Waals surface area contributed by atoms with Crippen molar-refractivity contribution in [2.24, 2.45) is 0 Å².